The molecule has 1 rings (SSSR count). The summed E-state index contributed by atoms with van der Waals surface area (Å²) in [6, 6.07) is 2.77. The molecule has 1 aromatic heterocycles. The van der Waals surface area contributed by atoms with Crippen molar-refractivity contribution in [2.45, 2.75) is 0 Å². The summed E-state index contributed by atoms with van der Waals surface area (Å²) in [6.07, 6.45) is 2.45. The minimum Gasteiger partial charge on any atom is -0.619 e. The Balaban J connectivity index is 0.00000121. The van der Waals surface area contributed by atoms with Crippen LogP contribution in [-0.2, 0) is 0 Å². The molecule has 6 heteroatoms. The molecule has 0 saturated carbocycles. The number of rotatable bonds is 1. The van der Waals surface area contributed by atoms with Gasteiger partial charge in [-0.2, -0.15) is 4.73 Å². The first-order valence-corrected chi connectivity index (χ1v) is 2.94. The first kappa shape index (κ1) is 10.7. The molecule has 0 saturated heterocycles. The predicted molar refractivity (Wildman–Crippen MR) is 44.3 cm³/mol. The van der Waals surface area contributed by atoms with Gasteiger partial charge in [-0.1, -0.05) is 0 Å². The smallest absolute Gasteiger partial charge is 0.265 e. The van der Waals surface area contributed by atoms with Gasteiger partial charge in [0.15, 0.2) is 12.4 Å². The molecule has 1 heterocycles. The van der Waals surface area contributed by atoms with Gasteiger partial charge in [-0.05, 0) is 0 Å². The Hall–Kier alpha value is -1.33. The van der Waals surface area contributed by atoms with Crippen LogP contribution < -0.4 is 16.0 Å². The molecule has 0 aromatic carbocycles. The van der Waals surface area contributed by atoms with Crippen LogP contribution in [0, 0.1) is 5.21 Å². The molecule has 0 atom stereocenters. The van der Waals surface area contributed by atoms with Crippen LogP contribution in [0.5, 0.6) is 0 Å². The SMILES string of the molecule is Cl.NNC(=O)c1cc[n+]([O-])cc1. The predicted octanol–water partition coefficient (Wildman–Crippen LogP) is -0.655. The molecule has 0 aliphatic rings. The monoisotopic (exact) mass is 189 g/mol. The summed E-state index contributed by atoms with van der Waals surface area (Å²) in [5, 5.41) is 10.5. The maximum Gasteiger partial charge on any atom is 0.265 e. The second kappa shape index (κ2) is 4.53. The quantitative estimate of drug-likeness (QED) is 0.202. The molecule has 5 nitrogen and oxygen atoms in total. The lowest BCUT2D eigenvalue weighted by Crippen LogP contribution is -2.31. The minimum absolute atomic E-state index is 0. The average Bonchev–Trinajstić information content (AvgIpc) is 2.05. The van der Waals surface area contributed by atoms with Crippen molar-refractivity contribution in [3.63, 3.8) is 0 Å². The zero-order chi connectivity index (χ0) is 8.27. The van der Waals surface area contributed by atoms with Crippen molar-refractivity contribution in [2.24, 2.45) is 5.84 Å². The third-order valence-corrected chi connectivity index (χ3v) is 1.20. The molecule has 0 bridgehead atoms. The maximum absolute atomic E-state index is 10.8. The van der Waals surface area contributed by atoms with Gasteiger partial charge in [-0.15, -0.1) is 12.4 Å². The van der Waals surface area contributed by atoms with Gasteiger partial charge in [0.05, 0.1) is 5.56 Å². The van der Waals surface area contributed by atoms with Crippen LogP contribution in [0.3, 0.4) is 0 Å². The van der Waals surface area contributed by atoms with Gasteiger partial charge in [0.1, 0.15) is 0 Å². The van der Waals surface area contributed by atoms with E-state index in [0.29, 0.717) is 10.3 Å². The lowest BCUT2D eigenvalue weighted by Gasteiger charge is -1.97. The van der Waals surface area contributed by atoms with Crippen molar-refractivity contribution in [3.8, 4) is 0 Å². The van der Waals surface area contributed by atoms with E-state index in [9.17, 15) is 10.0 Å². The van der Waals surface area contributed by atoms with Gasteiger partial charge < -0.3 is 5.21 Å². The van der Waals surface area contributed by atoms with Gasteiger partial charge in [-0.25, -0.2) is 5.84 Å². The Labute approximate surface area is 75.1 Å². The van der Waals surface area contributed by atoms with Crippen LogP contribution in [0.2, 0.25) is 0 Å². The summed E-state index contributed by atoms with van der Waals surface area (Å²) in [5.41, 5.74) is 2.31. The highest BCUT2D eigenvalue weighted by Gasteiger charge is 2.02. The van der Waals surface area contributed by atoms with E-state index in [1.54, 1.807) is 0 Å². The van der Waals surface area contributed by atoms with E-state index in [0.717, 1.165) is 0 Å². The summed E-state index contributed by atoms with van der Waals surface area (Å²) in [4.78, 5) is 10.8. The molecule has 0 unspecified atom stereocenters. The van der Waals surface area contributed by atoms with Crippen LogP contribution in [0.25, 0.3) is 0 Å². The van der Waals surface area contributed by atoms with Gasteiger partial charge in [0, 0.05) is 12.1 Å². The van der Waals surface area contributed by atoms with Crippen LogP contribution in [-0.4, -0.2) is 5.91 Å². The van der Waals surface area contributed by atoms with Crippen molar-refractivity contribution < 1.29 is 9.52 Å². The second-order valence-corrected chi connectivity index (χ2v) is 1.92. The number of nitrogens with one attached hydrogen (secondary N) is 1. The number of nitrogen functional groups attached to an aromatic ring is 1. The minimum atomic E-state index is -0.411. The summed E-state index contributed by atoms with van der Waals surface area (Å²) >= 11 is 0. The Morgan fingerprint density at radius 3 is 2.42 bits per heavy atom. The number of carbonyl (C=O) groups excluding carboxylic acids is 1. The first-order chi connectivity index (χ1) is 5.24. The first-order valence-electron chi connectivity index (χ1n) is 2.94. The van der Waals surface area contributed by atoms with E-state index in [1.165, 1.54) is 24.5 Å². The second-order valence-electron chi connectivity index (χ2n) is 1.92. The van der Waals surface area contributed by atoms with E-state index in [2.05, 4.69) is 0 Å². The molecule has 0 aliphatic carbocycles. The number of pyridine rings is 1. The summed E-state index contributed by atoms with van der Waals surface area (Å²) < 4.78 is 0.591. The average molecular weight is 190 g/mol. The maximum atomic E-state index is 10.8. The zero-order valence-corrected chi connectivity index (χ0v) is 6.88. The number of hydrazine groups is 1. The Morgan fingerprint density at radius 1 is 1.50 bits per heavy atom. The molecule has 3 N–H and O–H groups in total. The Kier molecular flexibility index (Phi) is 4.03. The molecule has 0 spiro atoms. The van der Waals surface area contributed by atoms with E-state index < -0.39 is 5.91 Å². The van der Waals surface area contributed by atoms with Crippen LogP contribution in [0.1, 0.15) is 10.4 Å². The third-order valence-electron chi connectivity index (χ3n) is 1.20. The van der Waals surface area contributed by atoms with E-state index in [4.69, 9.17) is 5.84 Å². The molecule has 0 fully saturated rings. The lowest BCUT2D eigenvalue weighted by atomic mass is 10.3. The lowest BCUT2D eigenvalue weighted by molar-refractivity contribution is -0.605. The normalized spacial score (nSPS) is 8.42. The van der Waals surface area contributed by atoms with Crippen LogP contribution in [0.15, 0.2) is 24.5 Å². The molecule has 12 heavy (non-hydrogen) atoms. The van der Waals surface area contributed by atoms with Gasteiger partial charge >= 0.3 is 0 Å². The van der Waals surface area contributed by atoms with Crippen molar-refractivity contribution in [1.29, 1.82) is 0 Å². The Bertz CT molecular complexity index is 262. The molecule has 1 amide bonds. The number of hydrogen-bond donors (Lipinski definition) is 2. The number of carbonyl (C=O) groups is 1. The number of aromatic nitrogens is 1. The zero-order valence-electron chi connectivity index (χ0n) is 6.06. The standard InChI is InChI=1S/C6H7N3O2.ClH/c7-8-6(10)5-1-3-9(11)4-2-5;/h1-4H,7H2,(H,8,10);1H. The van der Waals surface area contributed by atoms with E-state index in [-0.39, 0.29) is 12.4 Å². The fourth-order valence-corrected chi connectivity index (χ4v) is 0.647. The number of nitrogens with zero attached hydrogens (tertiary/aromatic N) is 1. The van der Waals surface area contributed by atoms with Gasteiger partial charge in [-0.3, -0.25) is 10.2 Å². The fraction of sp³-hybridized carbons (Fsp3) is 0. The molecule has 0 radical (unpaired) electrons. The molecular formula is C6H8ClN3O2. The largest absolute Gasteiger partial charge is 0.619 e. The fourth-order valence-electron chi connectivity index (χ4n) is 0.647. The number of hydrogen-bond acceptors (Lipinski definition) is 3. The van der Waals surface area contributed by atoms with Gasteiger partial charge in [0.2, 0.25) is 0 Å². The molecular weight excluding hydrogens is 182 g/mol. The van der Waals surface area contributed by atoms with Crippen molar-refractivity contribution in [2.75, 3.05) is 0 Å². The van der Waals surface area contributed by atoms with E-state index >= 15 is 0 Å². The summed E-state index contributed by atoms with van der Waals surface area (Å²) in [7, 11) is 0. The summed E-state index contributed by atoms with van der Waals surface area (Å²) in [5.74, 6) is 4.45. The Morgan fingerprint density at radius 2 is 2.00 bits per heavy atom. The summed E-state index contributed by atoms with van der Waals surface area (Å²) in [6.45, 7) is 0. The van der Waals surface area contributed by atoms with E-state index in [1.807, 2.05) is 5.43 Å². The molecule has 1 aromatic rings. The van der Waals surface area contributed by atoms with Crippen LogP contribution in [0.4, 0.5) is 0 Å². The topological polar surface area (TPSA) is 82.1 Å². The number of halogens is 1. The van der Waals surface area contributed by atoms with Crippen molar-refractivity contribution >= 4 is 18.3 Å². The molecule has 0 aliphatic heterocycles. The highest BCUT2D eigenvalue weighted by Crippen LogP contribution is 1.92. The highest BCUT2D eigenvalue weighted by molar-refractivity contribution is 5.93. The molecule has 66 valence electrons. The number of amides is 1. The van der Waals surface area contributed by atoms with Crippen molar-refractivity contribution in [3.05, 3.63) is 35.3 Å². The van der Waals surface area contributed by atoms with Crippen molar-refractivity contribution in [1.82, 2.24) is 5.43 Å². The van der Waals surface area contributed by atoms with Crippen LogP contribution >= 0.6 is 12.4 Å². The third kappa shape index (κ3) is 2.37. The van der Waals surface area contributed by atoms with Gasteiger partial charge in [0.25, 0.3) is 5.91 Å². The number of nitrogens with two attached hydrogens (primary N) is 1. The highest BCUT2D eigenvalue weighted by atomic mass is 35.5.